The van der Waals surface area contributed by atoms with E-state index in [1.54, 1.807) is 24.0 Å². The topological polar surface area (TPSA) is 112 Å². The summed E-state index contributed by atoms with van der Waals surface area (Å²) in [6, 6.07) is 1.60. The van der Waals surface area contributed by atoms with E-state index in [4.69, 9.17) is 18.7 Å². The van der Waals surface area contributed by atoms with Crippen molar-refractivity contribution in [1.82, 2.24) is 19.8 Å². The van der Waals surface area contributed by atoms with Crippen LogP contribution in [-0.4, -0.2) is 71.3 Å². The molecule has 2 amide bonds. The average Bonchev–Trinajstić information content (AvgIpc) is 3.47. The second-order valence-electron chi connectivity index (χ2n) is 8.39. The number of hydrogen-bond acceptors (Lipinski definition) is 8. The highest BCUT2D eigenvalue weighted by Crippen LogP contribution is 2.39. The lowest BCUT2D eigenvalue weighted by atomic mass is 9.99. The van der Waals surface area contributed by atoms with Gasteiger partial charge in [0.25, 0.3) is 0 Å². The number of nitrogens with zero attached hydrogens (tertiary/aromatic N) is 5. The first-order valence-electron chi connectivity index (χ1n) is 11.7. The number of carbonyl (C=O) groups excluding carboxylic acids is 2. The lowest BCUT2D eigenvalue weighted by Crippen LogP contribution is -2.46. The van der Waals surface area contributed by atoms with Gasteiger partial charge in [-0.2, -0.15) is 5.10 Å². The fourth-order valence-electron chi connectivity index (χ4n) is 4.30. The highest BCUT2D eigenvalue weighted by atomic mass is 16.7. The van der Waals surface area contributed by atoms with Crippen molar-refractivity contribution in [1.29, 1.82) is 0 Å². The number of amides is 2. The molecule has 2 atom stereocenters. The van der Waals surface area contributed by atoms with E-state index in [9.17, 15) is 9.59 Å². The number of hydroxylamine groups is 2. The van der Waals surface area contributed by atoms with E-state index in [0.29, 0.717) is 30.5 Å². The first kappa shape index (κ1) is 24.7. The van der Waals surface area contributed by atoms with E-state index in [-0.39, 0.29) is 30.2 Å². The van der Waals surface area contributed by atoms with Crippen LogP contribution in [0, 0.1) is 0 Å². The van der Waals surface area contributed by atoms with Crippen molar-refractivity contribution >= 4 is 28.8 Å². The van der Waals surface area contributed by atoms with Crippen LogP contribution in [0.3, 0.4) is 0 Å². The van der Waals surface area contributed by atoms with Gasteiger partial charge in [0.15, 0.2) is 0 Å². The van der Waals surface area contributed by atoms with Gasteiger partial charge in [0.2, 0.25) is 11.5 Å². The van der Waals surface area contributed by atoms with Crippen LogP contribution < -0.4 is 4.90 Å². The first-order valence-corrected chi connectivity index (χ1v) is 11.7. The summed E-state index contributed by atoms with van der Waals surface area (Å²) >= 11 is 0. The first-order chi connectivity index (χ1) is 16.9. The summed E-state index contributed by atoms with van der Waals surface area (Å²) in [6.45, 7) is 4.47. The molecule has 0 N–H and O–H groups in total. The zero-order valence-corrected chi connectivity index (χ0v) is 20.7. The molecule has 1 aliphatic rings. The molecule has 11 heteroatoms. The third kappa shape index (κ3) is 4.87. The lowest BCUT2D eigenvalue weighted by Gasteiger charge is -2.36. The third-order valence-corrected chi connectivity index (χ3v) is 6.18. The van der Waals surface area contributed by atoms with Crippen molar-refractivity contribution in [3.05, 3.63) is 30.4 Å². The van der Waals surface area contributed by atoms with Gasteiger partial charge in [-0.1, -0.05) is 6.92 Å². The van der Waals surface area contributed by atoms with Crippen LogP contribution in [0.2, 0.25) is 0 Å². The number of hydrogen-bond donors (Lipinski definition) is 0. The maximum atomic E-state index is 13.4. The number of ether oxygens (including phenoxy) is 2. The highest BCUT2D eigenvalue weighted by Gasteiger charge is 2.38. The predicted octanol–water partition coefficient (Wildman–Crippen LogP) is 3.78. The molecule has 0 aromatic carbocycles. The van der Waals surface area contributed by atoms with Crippen molar-refractivity contribution in [2.24, 2.45) is 7.05 Å². The van der Waals surface area contributed by atoms with E-state index >= 15 is 0 Å². The molecule has 2 unspecified atom stereocenters. The normalized spacial score (nSPS) is 18.0. The predicted molar refractivity (Wildman–Crippen MR) is 128 cm³/mol. The molecule has 11 nitrogen and oxygen atoms in total. The Morgan fingerprint density at radius 2 is 2.06 bits per heavy atom. The van der Waals surface area contributed by atoms with E-state index in [1.807, 2.05) is 26.2 Å². The number of anilines is 1. The molecule has 0 bridgehead atoms. The largest absolute Gasteiger partial charge is 0.449 e. The number of aromatic nitrogens is 3. The van der Waals surface area contributed by atoms with Crippen LogP contribution in [-0.2, 0) is 21.4 Å². The fraction of sp³-hybridized carbons (Fsp3) is 0.500. The van der Waals surface area contributed by atoms with Crippen LogP contribution in [0.4, 0.5) is 10.5 Å². The van der Waals surface area contributed by atoms with Gasteiger partial charge in [0.05, 0.1) is 31.4 Å². The summed E-state index contributed by atoms with van der Waals surface area (Å²) in [6.07, 6.45) is 6.67. The smallest absolute Gasteiger partial charge is 0.414 e. The summed E-state index contributed by atoms with van der Waals surface area (Å²) in [5.74, 6) is -0.593. The Hall–Kier alpha value is -3.44. The molecule has 4 heterocycles. The van der Waals surface area contributed by atoms with Gasteiger partial charge in [-0.05, 0) is 32.3 Å². The van der Waals surface area contributed by atoms with Crippen molar-refractivity contribution in [2.75, 3.05) is 32.3 Å². The Morgan fingerprint density at radius 3 is 2.71 bits per heavy atom. The van der Waals surface area contributed by atoms with Crippen LogP contribution in [0.5, 0.6) is 0 Å². The Kier molecular flexibility index (Phi) is 7.37. The number of pyridine rings is 1. The second kappa shape index (κ2) is 10.4. The zero-order chi connectivity index (χ0) is 25.1. The van der Waals surface area contributed by atoms with Gasteiger partial charge in [0, 0.05) is 50.3 Å². The SMILES string of the molecule is CCOC(=O)N(c1c(C(=O)N(C)OC)oc2ncc(-c3cnn(C)c3)cc12)C1CCOC(CC)C1. The maximum absolute atomic E-state index is 13.4. The van der Waals surface area contributed by atoms with Gasteiger partial charge in [0.1, 0.15) is 5.69 Å². The molecule has 0 saturated carbocycles. The minimum atomic E-state index is -0.558. The third-order valence-electron chi connectivity index (χ3n) is 6.18. The lowest BCUT2D eigenvalue weighted by molar-refractivity contribution is -0.0772. The summed E-state index contributed by atoms with van der Waals surface area (Å²) in [4.78, 5) is 37.8. The summed E-state index contributed by atoms with van der Waals surface area (Å²) in [7, 11) is 4.68. The Morgan fingerprint density at radius 1 is 1.26 bits per heavy atom. The minimum absolute atomic E-state index is 0.00581. The monoisotopic (exact) mass is 485 g/mol. The highest BCUT2D eigenvalue weighted by molar-refractivity contribution is 6.10. The Labute approximate surface area is 203 Å². The van der Waals surface area contributed by atoms with Crippen LogP contribution >= 0.6 is 0 Å². The van der Waals surface area contributed by atoms with Crippen molar-refractivity contribution in [3.63, 3.8) is 0 Å². The van der Waals surface area contributed by atoms with Gasteiger partial charge >= 0.3 is 12.0 Å². The van der Waals surface area contributed by atoms with Gasteiger partial charge < -0.3 is 13.9 Å². The molecule has 1 aliphatic heterocycles. The minimum Gasteiger partial charge on any atom is -0.449 e. The van der Waals surface area contributed by atoms with Gasteiger partial charge in [-0.25, -0.2) is 14.8 Å². The van der Waals surface area contributed by atoms with Gasteiger partial charge in [-0.15, -0.1) is 0 Å². The van der Waals surface area contributed by atoms with E-state index in [0.717, 1.165) is 22.6 Å². The van der Waals surface area contributed by atoms with Crippen molar-refractivity contribution in [3.8, 4) is 11.1 Å². The Balaban J connectivity index is 1.93. The zero-order valence-electron chi connectivity index (χ0n) is 20.7. The number of furan rings is 1. The molecular formula is C24H31N5O6. The van der Waals surface area contributed by atoms with Gasteiger partial charge in [-0.3, -0.25) is 19.2 Å². The molecule has 3 aromatic heterocycles. The molecule has 0 spiro atoms. The standard InChI is InChI=1S/C24H31N5O6/c1-6-18-11-17(8-9-34-18)29(24(31)33-7-2)20-19-10-15(16-13-26-27(3)14-16)12-25-22(19)35-21(20)23(30)28(4)32-5/h10,12-14,17-18H,6-9,11H2,1-5H3. The van der Waals surface area contributed by atoms with E-state index < -0.39 is 12.0 Å². The molecule has 188 valence electrons. The quantitative estimate of drug-likeness (QED) is 0.465. The summed E-state index contributed by atoms with van der Waals surface area (Å²) < 4.78 is 18.9. The van der Waals surface area contributed by atoms with Crippen LogP contribution in [0.1, 0.15) is 43.7 Å². The van der Waals surface area contributed by atoms with Crippen LogP contribution in [0.15, 0.2) is 29.1 Å². The number of fused-ring (bicyclic) bond motifs is 1. The summed E-state index contributed by atoms with van der Waals surface area (Å²) in [5.41, 5.74) is 2.16. The second-order valence-corrected chi connectivity index (χ2v) is 8.39. The average molecular weight is 486 g/mol. The van der Waals surface area contributed by atoms with E-state index in [2.05, 4.69) is 10.1 Å². The Bertz CT molecular complexity index is 1200. The van der Waals surface area contributed by atoms with Crippen molar-refractivity contribution < 1.29 is 28.3 Å². The molecule has 3 aromatic rings. The molecule has 0 aliphatic carbocycles. The summed E-state index contributed by atoms with van der Waals surface area (Å²) in [5, 5.41) is 5.80. The number of rotatable bonds is 7. The molecular weight excluding hydrogens is 454 g/mol. The molecule has 4 rings (SSSR count). The molecule has 1 fully saturated rings. The fourth-order valence-corrected chi connectivity index (χ4v) is 4.30. The maximum Gasteiger partial charge on any atom is 0.414 e. The molecule has 1 saturated heterocycles. The van der Waals surface area contributed by atoms with Crippen LogP contribution in [0.25, 0.3) is 22.2 Å². The van der Waals surface area contributed by atoms with Crippen molar-refractivity contribution in [2.45, 2.75) is 45.3 Å². The van der Waals surface area contributed by atoms with E-state index in [1.165, 1.54) is 19.1 Å². The number of aryl methyl sites for hydroxylation is 1. The number of carbonyl (C=O) groups is 2. The molecule has 35 heavy (non-hydrogen) atoms. The molecule has 0 radical (unpaired) electrons.